The fourth-order valence-electron chi connectivity index (χ4n) is 2.08. The van der Waals surface area contributed by atoms with Crippen molar-refractivity contribution in [3.8, 4) is 5.69 Å². The van der Waals surface area contributed by atoms with Crippen molar-refractivity contribution in [2.45, 2.75) is 6.92 Å². The molecule has 0 saturated carbocycles. The molecule has 22 heavy (non-hydrogen) atoms. The zero-order valence-electron chi connectivity index (χ0n) is 12.2. The van der Waals surface area contributed by atoms with E-state index >= 15 is 0 Å². The van der Waals surface area contributed by atoms with E-state index in [1.54, 1.807) is 25.1 Å². The zero-order chi connectivity index (χ0) is 16.1. The molecule has 0 spiro atoms. The number of carbonyl (C=O) groups excluding carboxylic acids is 1. The molecule has 0 aliphatic heterocycles. The molecule has 0 fully saturated rings. The number of aromatic nitrogens is 3. The van der Waals surface area contributed by atoms with Crippen molar-refractivity contribution in [3.05, 3.63) is 53.3 Å². The number of hydrogen-bond donors (Lipinski definition) is 1. The van der Waals surface area contributed by atoms with E-state index in [2.05, 4.69) is 16.9 Å². The van der Waals surface area contributed by atoms with Crippen LogP contribution in [-0.4, -0.2) is 50.6 Å². The molecule has 0 atom stereocenters. The number of nitrogens with zero attached hydrogens (tertiary/aromatic N) is 4. The number of aliphatic hydroxyl groups is 1. The fraction of sp³-hybridized carbons (Fsp3) is 0.267. The summed E-state index contributed by atoms with van der Waals surface area (Å²) in [4.78, 5) is 14.0. The van der Waals surface area contributed by atoms with E-state index in [0.717, 1.165) is 0 Å². The first-order valence-corrected chi connectivity index (χ1v) is 7.16. The smallest absolute Gasteiger partial charge is 0.276 e. The van der Waals surface area contributed by atoms with Crippen LogP contribution in [0.25, 0.3) is 5.69 Å². The van der Waals surface area contributed by atoms with Crippen LogP contribution in [-0.2, 0) is 0 Å². The fourth-order valence-corrected chi connectivity index (χ4v) is 2.30. The predicted octanol–water partition coefficient (Wildman–Crippen LogP) is 1.85. The number of halogens is 1. The maximum atomic E-state index is 12.5. The average molecular weight is 321 g/mol. The molecule has 0 saturated heterocycles. The largest absolute Gasteiger partial charge is 0.395 e. The lowest BCUT2D eigenvalue weighted by molar-refractivity contribution is 0.0736. The minimum atomic E-state index is -0.301. The first kappa shape index (κ1) is 16.2. The average Bonchev–Trinajstić information content (AvgIpc) is 2.88. The summed E-state index contributed by atoms with van der Waals surface area (Å²) in [6, 6.07) is 7.19. The number of para-hydroxylation sites is 1. The molecule has 2 rings (SSSR count). The Morgan fingerprint density at radius 2 is 2.23 bits per heavy atom. The van der Waals surface area contributed by atoms with E-state index in [-0.39, 0.29) is 24.8 Å². The summed E-state index contributed by atoms with van der Waals surface area (Å²) < 4.78 is 1.53. The van der Waals surface area contributed by atoms with Crippen molar-refractivity contribution in [3.63, 3.8) is 0 Å². The standard InChI is InChI=1S/C15H17ClN4O2/c1-3-8-19(9-10-21)15(22)14-11(2)20(18-17-14)13-7-5-4-6-12(13)16/h3-7,21H,1,8-10H2,2H3. The van der Waals surface area contributed by atoms with E-state index in [0.29, 0.717) is 22.9 Å². The summed E-state index contributed by atoms with van der Waals surface area (Å²) >= 11 is 6.15. The van der Waals surface area contributed by atoms with Gasteiger partial charge in [0.15, 0.2) is 5.69 Å². The van der Waals surface area contributed by atoms with Crippen LogP contribution in [0.15, 0.2) is 36.9 Å². The van der Waals surface area contributed by atoms with Gasteiger partial charge in [-0.1, -0.05) is 35.0 Å². The molecule has 116 valence electrons. The summed E-state index contributed by atoms with van der Waals surface area (Å²) in [5.74, 6) is -0.301. The van der Waals surface area contributed by atoms with Gasteiger partial charge in [0.1, 0.15) is 0 Å². The summed E-state index contributed by atoms with van der Waals surface area (Å²) in [6.07, 6.45) is 1.60. The molecular formula is C15H17ClN4O2. The van der Waals surface area contributed by atoms with E-state index in [4.69, 9.17) is 16.7 Å². The van der Waals surface area contributed by atoms with Gasteiger partial charge in [0.25, 0.3) is 5.91 Å². The minimum Gasteiger partial charge on any atom is -0.395 e. The summed E-state index contributed by atoms with van der Waals surface area (Å²) in [5.41, 5.74) is 1.48. The molecular weight excluding hydrogens is 304 g/mol. The predicted molar refractivity (Wildman–Crippen MR) is 84.3 cm³/mol. The van der Waals surface area contributed by atoms with Crippen molar-refractivity contribution in [2.75, 3.05) is 19.7 Å². The molecule has 0 radical (unpaired) electrons. The first-order valence-electron chi connectivity index (χ1n) is 6.78. The molecule has 0 unspecified atom stereocenters. The van der Waals surface area contributed by atoms with Gasteiger partial charge in [-0.25, -0.2) is 4.68 Å². The number of benzene rings is 1. The van der Waals surface area contributed by atoms with Crippen molar-refractivity contribution >= 4 is 17.5 Å². The van der Waals surface area contributed by atoms with Crippen LogP contribution in [0.2, 0.25) is 5.02 Å². The molecule has 1 aromatic carbocycles. The Labute approximate surface area is 133 Å². The van der Waals surface area contributed by atoms with Crippen LogP contribution in [0.4, 0.5) is 0 Å². The number of amides is 1. The molecule has 0 bridgehead atoms. The Kier molecular flexibility index (Phi) is 5.30. The second-order valence-electron chi connectivity index (χ2n) is 4.65. The maximum absolute atomic E-state index is 12.5. The molecule has 2 aromatic rings. The highest BCUT2D eigenvalue weighted by Gasteiger charge is 2.22. The molecule has 0 aliphatic carbocycles. The molecule has 0 aliphatic rings. The Hall–Kier alpha value is -2.18. The van der Waals surface area contributed by atoms with Gasteiger partial charge in [-0.2, -0.15) is 0 Å². The van der Waals surface area contributed by atoms with Crippen LogP contribution in [0.5, 0.6) is 0 Å². The topological polar surface area (TPSA) is 71.2 Å². The van der Waals surface area contributed by atoms with Crippen LogP contribution in [0.3, 0.4) is 0 Å². The van der Waals surface area contributed by atoms with Gasteiger partial charge in [0, 0.05) is 13.1 Å². The number of carbonyl (C=O) groups is 1. The third-order valence-corrected chi connectivity index (χ3v) is 3.50. The van der Waals surface area contributed by atoms with Gasteiger partial charge in [-0.3, -0.25) is 4.79 Å². The minimum absolute atomic E-state index is 0.128. The third kappa shape index (κ3) is 3.18. The number of aliphatic hydroxyl groups excluding tert-OH is 1. The van der Waals surface area contributed by atoms with Crippen LogP contribution in [0.1, 0.15) is 16.2 Å². The highest BCUT2D eigenvalue weighted by Crippen LogP contribution is 2.21. The molecule has 6 nitrogen and oxygen atoms in total. The second kappa shape index (κ2) is 7.20. The van der Waals surface area contributed by atoms with Crippen LogP contribution >= 0.6 is 11.6 Å². The quantitative estimate of drug-likeness (QED) is 0.825. The molecule has 1 aromatic heterocycles. The van der Waals surface area contributed by atoms with E-state index in [1.165, 1.54) is 9.58 Å². The second-order valence-corrected chi connectivity index (χ2v) is 5.06. The van der Waals surface area contributed by atoms with Crippen molar-refractivity contribution in [2.24, 2.45) is 0 Å². The van der Waals surface area contributed by atoms with E-state index in [9.17, 15) is 4.79 Å². The van der Waals surface area contributed by atoms with Gasteiger partial charge in [-0.15, -0.1) is 11.7 Å². The molecule has 7 heteroatoms. The summed E-state index contributed by atoms with van der Waals surface area (Å²) in [6.45, 7) is 5.78. The van der Waals surface area contributed by atoms with Gasteiger partial charge in [0.05, 0.1) is 23.0 Å². The van der Waals surface area contributed by atoms with Crippen molar-refractivity contribution in [1.29, 1.82) is 0 Å². The first-order chi connectivity index (χ1) is 10.6. The Bertz CT molecular complexity index is 684. The van der Waals surface area contributed by atoms with Gasteiger partial charge in [0.2, 0.25) is 0 Å². The summed E-state index contributed by atoms with van der Waals surface area (Å²) in [7, 11) is 0. The Morgan fingerprint density at radius 3 is 2.86 bits per heavy atom. The lowest BCUT2D eigenvalue weighted by Gasteiger charge is -2.18. The Balaban J connectivity index is 2.36. The van der Waals surface area contributed by atoms with Crippen LogP contribution in [0, 0.1) is 6.92 Å². The van der Waals surface area contributed by atoms with Crippen molar-refractivity contribution in [1.82, 2.24) is 19.9 Å². The molecule has 1 heterocycles. The third-order valence-electron chi connectivity index (χ3n) is 3.18. The van der Waals surface area contributed by atoms with Gasteiger partial charge < -0.3 is 10.0 Å². The number of rotatable bonds is 6. The number of hydrogen-bond acceptors (Lipinski definition) is 4. The zero-order valence-corrected chi connectivity index (χ0v) is 13.0. The molecule has 1 amide bonds. The maximum Gasteiger partial charge on any atom is 0.276 e. The lowest BCUT2D eigenvalue weighted by atomic mass is 10.2. The highest BCUT2D eigenvalue weighted by molar-refractivity contribution is 6.32. The van der Waals surface area contributed by atoms with Crippen molar-refractivity contribution < 1.29 is 9.90 Å². The lowest BCUT2D eigenvalue weighted by Crippen LogP contribution is -2.34. The van der Waals surface area contributed by atoms with E-state index < -0.39 is 0 Å². The normalized spacial score (nSPS) is 10.5. The van der Waals surface area contributed by atoms with E-state index in [1.807, 2.05) is 12.1 Å². The highest BCUT2D eigenvalue weighted by atomic mass is 35.5. The summed E-state index contributed by atoms with van der Waals surface area (Å²) in [5, 5.41) is 17.6. The SMILES string of the molecule is C=CCN(CCO)C(=O)c1nnn(-c2ccccc2Cl)c1C. The van der Waals surface area contributed by atoms with Gasteiger partial charge >= 0.3 is 0 Å². The molecule has 1 N–H and O–H groups in total. The Morgan fingerprint density at radius 1 is 1.50 bits per heavy atom. The van der Waals surface area contributed by atoms with Gasteiger partial charge in [-0.05, 0) is 19.1 Å². The van der Waals surface area contributed by atoms with Crippen LogP contribution < -0.4 is 0 Å². The monoisotopic (exact) mass is 320 g/mol.